The monoisotopic (exact) mass is 1560 g/mol. The average Bonchev–Trinajstić information content (AvgIpc) is 0.802. The number of hydrogen-bond donors (Lipinski definition) is 2. The van der Waals surface area contributed by atoms with Crippen LogP contribution in [-0.2, 0) is 85.2 Å². The zero-order chi connectivity index (χ0) is 79.8. The fraction of sp³-hybridized carbons (Fsp3) is 0.368. The van der Waals surface area contributed by atoms with E-state index in [1.165, 1.54) is 34.6 Å². The molecule has 0 spiro atoms. The highest BCUT2D eigenvalue weighted by atomic mass is 32.2. The van der Waals surface area contributed by atoms with Crippen LogP contribution in [0.2, 0.25) is 0 Å². The van der Waals surface area contributed by atoms with Crippen molar-refractivity contribution in [2.24, 2.45) is 10.3 Å². The Morgan fingerprint density at radius 2 is 0.509 bits per heavy atom. The summed E-state index contributed by atoms with van der Waals surface area (Å²) in [6.07, 6.45) is 15.8. The van der Waals surface area contributed by atoms with Gasteiger partial charge in [-0.3, -0.25) is 0 Å². The second-order valence-corrected chi connectivity index (χ2v) is 33.1. The molecule has 0 amide bonds. The maximum absolute atomic E-state index is 14.0. The molecule has 32 heteroatoms. The average molecular weight is 1570 g/mol. The lowest BCUT2D eigenvalue weighted by atomic mass is 10.2. The molecule has 4 aromatic heterocycles. The molecule has 584 valence electrons. The molecular weight excluding hydrogens is 1470 g/mol. The number of hydrogen-bond acceptors (Lipinski definition) is 24. The van der Waals surface area contributed by atoms with Gasteiger partial charge in [-0.05, 0) is 148 Å². The maximum Gasteiger partial charge on any atom is 0.220 e. The van der Waals surface area contributed by atoms with Crippen molar-refractivity contribution in [1.82, 2.24) is 48.5 Å². The quantitative estimate of drug-likeness (QED) is 0.0340. The van der Waals surface area contributed by atoms with Gasteiger partial charge < -0.3 is 37.9 Å². The highest BCUT2D eigenvalue weighted by Crippen LogP contribution is 2.32. The Morgan fingerprint density at radius 1 is 0.333 bits per heavy atom. The van der Waals surface area contributed by atoms with Crippen LogP contribution in [0.15, 0.2) is 197 Å². The van der Waals surface area contributed by atoms with Gasteiger partial charge in [0, 0.05) is 75.8 Å². The van der Waals surface area contributed by atoms with Gasteiger partial charge in [0.25, 0.3) is 0 Å². The molecule has 4 heterocycles. The van der Waals surface area contributed by atoms with Crippen LogP contribution in [-0.4, -0.2) is 158 Å². The first-order chi connectivity index (χ1) is 51.3. The van der Waals surface area contributed by atoms with Crippen LogP contribution in [0, 0.1) is 27.7 Å². The lowest BCUT2D eigenvalue weighted by Gasteiger charge is -2.30. The van der Waals surface area contributed by atoms with E-state index in [1.54, 1.807) is 104 Å². The molecule has 8 atom stereocenters. The van der Waals surface area contributed by atoms with Gasteiger partial charge in [-0.25, -0.2) is 83.8 Å². The third-order valence-corrected chi connectivity index (χ3v) is 23.2. The summed E-state index contributed by atoms with van der Waals surface area (Å²) in [7, 11) is -8.87. The second kappa shape index (κ2) is 43.7. The van der Waals surface area contributed by atoms with Gasteiger partial charge in [-0.1, -0.05) is 72.8 Å². The summed E-state index contributed by atoms with van der Waals surface area (Å²) in [5, 5.41) is 6.48. The van der Waals surface area contributed by atoms with Crippen LogP contribution in [0.1, 0.15) is 120 Å². The molecule has 0 aliphatic rings. The topological polar surface area (TPSA) is 372 Å². The Morgan fingerprint density at radius 3 is 0.667 bits per heavy atom. The van der Waals surface area contributed by atoms with Gasteiger partial charge in [0.2, 0.25) is 40.1 Å². The number of rotatable bonds is 38. The van der Waals surface area contributed by atoms with E-state index in [-0.39, 0.29) is 52.6 Å². The Bertz CT molecular complexity index is 4150. The molecule has 4 N–H and O–H groups in total. The molecule has 8 rings (SSSR count). The van der Waals surface area contributed by atoms with E-state index in [2.05, 4.69) is 66.2 Å². The van der Waals surface area contributed by atoms with Crippen molar-refractivity contribution in [3.8, 4) is 23.0 Å². The number of methoxy groups -OCH3 is 4. The number of benzene rings is 4. The fourth-order valence-corrected chi connectivity index (χ4v) is 14.3. The summed E-state index contributed by atoms with van der Waals surface area (Å²) in [6.45, 7) is 29.4. The summed E-state index contributed by atoms with van der Waals surface area (Å²) < 4.78 is 148. The van der Waals surface area contributed by atoms with Crippen molar-refractivity contribution in [2.45, 2.75) is 127 Å². The van der Waals surface area contributed by atoms with Gasteiger partial charge in [-0.15, -0.1) is 26.3 Å². The molecule has 0 unspecified atom stereocenters. The lowest BCUT2D eigenvalue weighted by Crippen LogP contribution is -2.40. The van der Waals surface area contributed by atoms with Crippen molar-refractivity contribution in [2.75, 3.05) is 54.9 Å². The molecule has 0 aliphatic carbocycles. The van der Waals surface area contributed by atoms with E-state index in [9.17, 15) is 33.7 Å². The van der Waals surface area contributed by atoms with E-state index in [1.807, 2.05) is 125 Å². The van der Waals surface area contributed by atoms with Crippen molar-refractivity contribution in [1.29, 1.82) is 0 Å². The molecule has 28 nitrogen and oxygen atoms in total. The Balaban J connectivity index is 0.000000272. The SMILES string of the molecule is C=CCO[C@@H](c1ncc(C)cn1)[C@@H](C)S(=O)(=O)N(Cc1ccc(OC)cc1)Cc1ccc(OC)cc1.C=CCO[C@@H](c1ncc(C)cn1)[C@@H](C)S(N)(=O)=O.C=CCO[C@H](c1ncc(C)cn1)[C@H](C)S(=O)(=O)N(Cc1ccc(OC)cc1)Cc1ccc(OC)cc1.C=CCO[C@H](c1ncc(C)cn1)[C@H](C)S(N)(=O)=O. The minimum absolute atomic E-state index is 0.165. The van der Waals surface area contributed by atoms with Crippen LogP contribution in [0.5, 0.6) is 23.0 Å². The second-order valence-electron chi connectivity index (χ2n) is 24.7. The van der Waals surface area contributed by atoms with Gasteiger partial charge in [-0.2, -0.15) is 8.61 Å². The third-order valence-electron chi connectivity index (χ3n) is 16.3. The number of primary sulfonamides is 2. The van der Waals surface area contributed by atoms with Crippen LogP contribution >= 0.6 is 0 Å². The summed E-state index contributed by atoms with van der Waals surface area (Å²) >= 11 is 0. The zero-order valence-corrected chi connectivity index (χ0v) is 66.3. The predicted molar refractivity (Wildman–Crippen MR) is 415 cm³/mol. The Kier molecular flexibility index (Phi) is 36.2. The molecule has 4 aromatic carbocycles. The zero-order valence-electron chi connectivity index (χ0n) is 63.1. The normalized spacial score (nSPS) is 13.9. The number of nitrogens with zero attached hydrogens (tertiary/aromatic N) is 10. The number of aromatic nitrogens is 8. The summed E-state index contributed by atoms with van der Waals surface area (Å²) in [5.74, 6) is 4.02. The molecule has 0 bridgehead atoms. The predicted octanol–water partition coefficient (Wildman–Crippen LogP) is 10.3. The van der Waals surface area contributed by atoms with E-state index in [0.29, 0.717) is 46.3 Å². The molecular formula is C76H100N12O16S4. The lowest BCUT2D eigenvalue weighted by molar-refractivity contribution is 0.0653. The van der Waals surface area contributed by atoms with Crippen molar-refractivity contribution < 1.29 is 71.6 Å². The minimum Gasteiger partial charge on any atom is -0.497 e. The van der Waals surface area contributed by atoms with Crippen LogP contribution in [0.4, 0.5) is 0 Å². The Hall–Kier alpha value is -9.16. The van der Waals surface area contributed by atoms with E-state index in [4.69, 9.17) is 48.2 Å². The number of ether oxygens (including phenoxy) is 8. The number of aryl methyl sites for hydroxylation is 4. The Labute approximate surface area is 636 Å². The first kappa shape index (κ1) is 89.5. The summed E-state index contributed by atoms with van der Waals surface area (Å²) in [5.41, 5.74) is 6.82. The van der Waals surface area contributed by atoms with Gasteiger partial charge in [0.05, 0.1) is 54.9 Å². The smallest absolute Gasteiger partial charge is 0.220 e. The van der Waals surface area contributed by atoms with Crippen molar-refractivity contribution in [3.05, 3.63) is 265 Å². The molecule has 0 aliphatic heterocycles. The molecule has 0 radical (unpaired) electrons. The van der Waals surface area contributed by atoms with Gasteiger partial charge >= 0.3 is 0 Å². The summed E-state index contributed by atoms with van der Waals surface area (Å²) in [6, 6.07) is 29.3. The molecule has 0 saturated heterocycles. The maximum atomic E-state index is 14.0. The minimum atomic E-state index is -3.89. The molecule has 8 aromatic rings. The van der Waals surface area contributed by atoms with E-state index in [0.717, 1.165) is 44.5 Å². The van der Waals surface area contributed by atoms with Crippen molar-refractivity contribution in [3.63, 3.8) is 0 Å². The fourth-order valence-electron chi connectivity index (χ4n) is 9.90. The number of nitrogens with two attached hydrogens (primary N) is 2. The first-order valence-corrected chi connectivity index (χ1v) is 40.1. The van der Waals surface area contributed by atoms with Gasteiger partial charge in [0.1, 0.15) is 68.4 Å². The summed E-state index contributed by atoms with van der Waals surface area (Å²) in [4.78, 5) is 33.7. The third kappa shape index (κ3) is 27.8. The van der Waals surface area contributed by atoms with Crippen molar-refractivity contribution >= 4 is 40.1 Å². The van der Waals surface area contributed by atoms with E-state index >= 15 is 0 Å². The van der Waals surface area contributed by atoms with E-state index < -0.39 is 85.5 Å². The number of sulfonamides is 4. The molecule has 0 saturated carbocycles. The van der Waals surface area contributed by atoms with Crippen LogP contribution in [0.25, 0.3) is 0 Å². The van der Waals surface area contributed by atoms with Crippen LogP contribution in [0.3, 0.4) is 0 Å². The highest BCUT2D eigenvalue weighted by molar-refractivity contribution is 7.90. The van der Waals surface area contributed by atoms with Crippen LogP contribution < -0.4 is 29.2 Å². The molecule has 0 fully saturated rings. The first-order valence-electron chi connectivity index (χ1n) is 33.9. The van der Waals surface area contributed by atoms with Gasteiger partial charge in [0.15, 0.2) is 23.3 Å². The largest absolute Gasteiger partial charge is 0.497 e. The molecule has 108 heavy (non-hydrogen) atoms. The highest BCUT2D eigenvalue weighted by Gasteiger charge is 2.40. The standard InChI is InChI=1S/2C27H33N3O5S.2C11H17N3O3S/c2*1-6-15-35-26(27-28-16-20(2)17-29-27)21(3)36(31,32)30(18-22-7-11-24(33-4)12-8-22)19-23-9-13-25(34-5)14-10-23;2*1-4-5-17-10(9(3)18(12,15)16)11-13-6-8(2)7-14-11/h2*6-14,16-17,21,26H,1,15,18-19H2,2-5H3;2*4,6-7,9-10H,1,5H2,2-3H3,(H2,12,15,16)/t2*21-,26-;2*9-,10-/m1010/s1.